The van der Waals surface area contributed by atoms with E-state index in [-0.39, 0.29) is 18.1 Å². The van der Waals surface area contributed by atoms with Crippen molar-refractivity contribution >= 4 is 9.04 Å². The monoisotopic (exact) mass is 252 g/mol. The van der Waals surface area contributed by atoms with Gasteiger partial charge in [-0.25, -0.2) is 0 Å². The summed E-state index contributed by atoms with van der Waals surface area (Å²) in [4.78, 5) is 4.22. The summed E-state index contributed by atoms with van der Waals surface area (Å²) in [5, 5.41) is 9.36. The summed E-state index contributed by atoms with van der Waals surface area (Å²) < 4.78 is 6.09. The van der Waals surface area contributed by atoms with Crippen LogP contribution in [0, 0.1) is 5.41 Å². The molecular formula is C13H22NO2Si. The van der Waals surface area contributed by atoms with Gasteiger partial charge in [0.25, 0.3) is 0 Å². The van der Waals surface area contributed by atoms with Crippen molar-refractivity contribution in [2.75, 3.05) is 0 Å². The van der Waals surface area contributed by atoms with E-state index in [9.17, 15) is 5.11 Å². The molecule has 95 valence electrons. The molecule has 4 heteroatoms. The zero-order valence-corrected chi connectivity index (χ0v) is 12.3. The molecule has 1 heterocycles. The number of rotatable bonds is 4. The van der Waals surface area contributed by atoms with Crippen molar-refractivity contribution in [3.63, 3.8) is 0 Å². The van der Waals surface area contributed by atoms with E-state index in [2.05, 4.69) is 38.8 Å². The molecule has 0 saturated heterocycles. The summed E-state index contributed by atoms with van der Waals surface area (Å²) in [6, 6.07) is 3.90. The number of pyridine rings is 1. The zero-order valence-electron chi connectivity index (χ0n) is 11.3. The van der Waals surface area contributed by atoms with E-state index < -0.39 is 9.04 Å². The molecule has 0 bridgehead atoms. The first-order chi connectivity index (χ1) is 7.86. The maximum absolute atomic E-state index is 9.36. The third-order valence-corrected chi connectivity index (χ3v) is 3.20. The average Bonchev–Trinajstić information content (AvgIpc) is 2.24. The van der Waals surface area contributed by atoms with Crippen molar-refractivity contribution in [2.45, 2.75) is 46.6 Å². The van der Waals surface area contributed by atoms with Crippen molar-refractivity contribution in [3.05, 3.63) is 29.6 Å². The summed E-state index contributed by atoms with van der Waals surface area (Å²) in [5.74, 6) is 0. The van der Waals surface area contributed by atoms with Gasteiger partial charge in [-0.15, -0.1) is 0 Å². The Labute approximate surface area is 106 Å². The van der Waals surface area contributed by atoms with Gasteiger partial charge in [0.05, 0.1) is 18.4 Å². The molecule has 1 radical (unpaired) electrons. The Morgan fingerprint density at radius 2 is 2.06 bits per heavy atom. The Kier molecular flexibility index (Phi) is 4.86. The zero-order chi connectivity index (χ0) is 13.1. The Balaban J connectivity index is 3.12. The lowest BCUT2D eigenvalue weighted by atomic mass is 9.84. The summed E-state index contributed by atoms with van der Waals surface area (Å²) in [5.41, 5.74) is 1.72. The van der Waals surface area contributed by atoms with Crippen LogP contribution in [-0.2, 0) is 11.0 Å². The van der Waals surface area contributed by atoms with E-state index in [4.69, 9.17) is 4.43 Å². The standard InChI is InChI=1S/C13H22NO2Si/c1-13(2,3)12(16-17(4)5)10-7-6-8-14-11(10)9-15/h6-8,12,15H,9H2,1-5H3. The van der Waals surface area contributed by atoms with Gasteiger partial charge < -0.3 is 9.53 Å². The van der Waals surface area contributed by atoms with Crippen LogP contribution in [0.15, 0.2) is 18.3 Å². The maximum Gasteiger partial charge on any atom is 0.205 e. The van der Waals surface area contributed by atoms with E-state index in [1.807, 2.05) is 12.1 Å². The molecule has 0 fully saturated rings. The average molecular weight is 252 g/mol. The highest BCUT2D eigenvalue weighted by molar-refractivity contribution is 6.48. The largest absolute Gasteiger partial charge is 0.410 e. The topological polar surface area (TPSA) is 42.4 Å². The highest BCUT2D eigenvalue weighted by Crippen LogP contribution is 2.37. The number of nitrogens with zero attached hydrogens (tertiary/aromatic N) is 1. The minimum atomic E-state index is -0.797. The van der Waals surface area contributed by atoms with Gasteiger partial charge in [0.2, 0.25) is 9.04 Å². The molecule has 1 aromatic rings. The van der Waals surface area contributed by atoms with Crippen LogP contribution in [0.4, 0.5) is 0 Å². The van der Waals surface area contributed by atoms with Gasteiger partial charge in [-0.3, -0.25) is 4.98 Å². The van der Waals surface area contributed by atoms with Gasteiger partial charge in [0.1, 0.15) is 0 Å². The predicted octanol–water partition coefficient (Wildman–Crippen LogP) is 2.93. The van der Waals surface area contributed by atoms with Crippen LogP contribution in [0.3, 0.4) is 0 Å². The van der Waals surface area contributed by atoms with Crippen LogP contribution in [0.5, 0.6) is 0 Å². The lowest BCUT2D eigenvalue weighted by molar-refractivity contribution is 0.0838. The molecule has 1 N–H and O–H groups in total. The van der Waals surface area contributed by atoms with Gasteiger partial charge in [-0.1, -0.05) is 26.8 Å². The number of aliphatic hydroxyl groups excluding tert-OH is 1. The van der Waals surface area contributed by atoms with Gasteiger partial charge in [-0.05, 0) is 24.6 Å². The quantitative estimate of drug-likeness (QED) is 0.838. The highest BCUT2D eigenvalue weighted by Gasteiger charge is 2.30. The first-order valence-electron chi connectivity index (χ1n) is 5.87. The van der Waals surface area contributed by atoms with Crippen LogP contribution in [-0.4, -0.2) is 19.1 Å². The molecule has 0 amide bonds. The molecule has 0 aliphatic rings. The molecule has 0 aliphatic carbocycles. The van der Waals surface area contributed by atoms with Gasteiger partial charge in [0, 0.05) is 11.8 Å². The van der Waals surface area contributed by atoms with Crippen LogP contribution >= 0.6 is 0 Å². The minimum Gasteiger partial charge on any atom is -0.410 e. The third kappa shape index (κ3) is 3.91. The van der Waals surface area contributed by atoms with Crippen molar-refractivity contribution < 1.29 is 9.53 Å². The molecule has 0 aliphatic heterocycles. The van der Waals surface area contributed by atoms with E-state index in [1.165, 1.54) is 0 Å². The maximum atomic E-state index is 9.36. The first-order valence-corrected chi connectivity index (χ1v) is 8.28. The third-order valence-electron chi connectivity index (χ3n) is 2.50. The molecule has 1 aromatic heterocycles. The number of hydrogen-bond acceptors (Lipinski definition) is 3. The molecule has 0 saturated carbocycles. The smallest absolute Gasteiger partial charge is 0.205 e. The molecule has 0 spiro atoms. The van der Waals surface area contributed by atoms with Crippen LogP contribution in [0.2, 0.25) is 13.1 Å². The van der Waals surface area contributed by atoms with E-state index in [0.29, 0.717) is 0 Å². The number of hydrogen-bond donors (Lipinski definition) is 1. The molecule has 0 aromatic carbocycles. The van der Waals surface area contributed by atoms with Crippen molar-refractivity contribution in [2.24, 2.45) is 5.41 Å². The van der Waals surface area contributed by atoms with Crippen molar-refractivity contribution in [1.82, 2.24) is 4.98 Å². The second kappa shape index (κ2) is 5.75. The molecule has 17 heavy (non-hydrogen) atoms. The Morgan fingerprint density at radius 1 is 1.41 bits per heavy atom. The molecule has 1 atom stereocenters. The first kappa shape index (κ1) is 14.3. The Morgan fingerprint density at radius 3 is 2.53 bits per heavy atom. The minimum absolute atomic E-state index is 0.00507. The highest BCUT2D eigenvalue weighted by atomic mass is 28.3. The second-order valence-corrected chi connectivity index (χ2v) is 7.52. The van der Waals surface area contributed by atoms with Crippen LogP contribution in [0.25, 0.3) is 0 Å². The van der Waals surface area contributed by atoms with Crippen molar-refractivity contribution in [1.29, 1.82) is 0 Å². The fourth-order valence-electron chi connectivity index (χ4n) is 1.76. The van der Waals surface area contributed by atoms with Crippen molar-refractivity contribution in [3.8, 4) is 0 Å². The molecular weight excluding hydrogens is 230 g/mol. The number of aromatic nitrogens is 1. The van der Waals surface area contributed by atoms with Crippen LogP contribution < -0.4 is 0 Å². The van der Waals surface area contributed by atoms with Crippen LogP contribution in [0.1, 0.15) is 38.1 Å². The summed E-state index contributed by atoms with van der Waals surface area (Å²) >= 11 is 0. The van der Waals surface area contributed by atoms with Gasteiger partial charge >= 0.3 is 0 Å². The number of aliphatic hydroxyl groups is 1. The van der Waals surface area contributed by atoms with E-state index in [0.717, 1.165) is 11.3 Å². The fraction of sp³-hybridized carbons (Fsp3) is 0.615. The normalized spacial score (nSPS) is 14.1. The lowest BCUT2D eigenvalue weighted by Crippen LogP contribution is -2.27. The fourth-order valence-corrected chi connectivity index (χ4v) is 2.72. The second-order valence-electron chi connectivity index (χ2n) is 5.47. The SMILES string of the molecule is C[Si](C)OC(c1cccnc1CO)C(C)(C)C. The lowest BCUT2D eigenvalue weighted by Gasteiger charge is -2.33. The Hall–Kier alpha value is -0.713. The van der Waals surface area contributed by atoms with E-state index >= 15 is 0 Å². The molecule has 3 nitrogen and oxygen atoms in total. The van der Waals surface area contributed by atoms with Gasteiger partial charge in [-0.2, -0.15) is 0 Å². The van der Waals surface area contributed by atoms with E-state index in [1.54, 1.807) is 6.20 Å². The summed E-state index contributed by atoms with van der Waals surface area (Å²) in [7, 11) is -0.797. The predicted molar refractivity (Wildman–Crippen MR) is 70.9 cm³/mol. The van der Waals surface area contributed by atoms with Gasteiger partial charge in [0.15, 0.2) is 0 Å². The summed E-state index contributed by atoms with van der Waals surface area (Å²) in [6.07, 6.45) is 1.70. The Bertz CT molecular complexity index is 361. The summed E-state index contributed by atoms with van der Waals surface area (Å²) in [6.45, 7) is 10.7. The molecule has 1 rings (SSSR count). The molecule has 1 unspecified atom stereocenters.